The first-order valence-electron chi connectivity index (χ1n) is 7.27. The molecule has 2 aliphatic rings. The summed E-state index contributed by atoms with van der Waals surface area (Å²) < 4.78 is 5.69. The summed E-state index contributed by atoms with van der Waals surface area (Å²) in [5.74, 6) is -0.933. The number of rotatable bonds is 4. The van der Waals surface area contributed by atoms with Crippen molar-refractivity contribution in [3.05, 3.63) is 0 Å². The van der Waals surface area contributed by atoms with Crippen LogP contribution in [0.3, 0.4) is 0 Å². The second kappa shape index (κ2) is 6.37. The number of carbonyl (C=O) groups is 2. The molecule has 0 aromatic rings. The fourth-order valence-electron chi connectivity index (χ4n) is 3.15. The summed E-state index contributed by atoms with van der Waals surface area (Å²) in [7, 11) is 0. The Morgan fingerprint density at radius 3 is 2.74 bits per heavy atom. The molecule has 108 valence electrons. The molecule has 5 heteroatoms. The third kappa shape index (κ3) is 3.26. The molecule has 2 fully saturated rings. The average molecular weight is 269 g/mol. The third-order valence-corrected chi connectivity index (χ3v) is 4.17. The molecule has 2 rings (SSSR count). The lowest BCUT2D eigenvalue weighted by atomic mass is 9.87. The summed E-state index contributed by atoms with van der Waals surface area (Å²) in [6, 6.07) is -0.0450. The fraction of sp³-hybridized carbons (Fsp3) is 0.857. The topological polar surface area (TPSA) is 66.8 Å². The van der Waals surface area contributed by atoms with Gasteiger partial charge in [-0.15, -0.1) is 0 Å². The lowest BCUT2D eigenvalue weighted by molar-refractivity contribution is -0.150. The maximum absolute atomic E-state index is 12.2. The van der Waals surface area contributed by atoms with E-state index in [0.29, 0.717) is 25.8 Å². The first-order valence-corrected chi connectivity index (χ1v) is 7.27. The second-order valence-electron chi connectivity index (χ2n) is 5.52. The van der Waals surface area contributed by atoms with Gasteiger partial charge in [0.2, 0.25) is 5.91 Å². The Hall–Kier alpha value is -1.10. The lowest BCUT2D eigenvalue weighted by Crippen LogP contribution is -2.52. The van der Waals surface area contributed by atoms with Crippen LogP contribution in [-0.2, 0) is 14.3 Å². The number of piperidine rings is 1. The van der Waals surface area contributed by atoms with Crippen LogP contribution < -0.4 is 0 Å². The second-order valence-corrected chi connectivity index (χ2v) is 5.52. The number of hydrogen-bond donors (Lipinski definition) is 1. The molecule has 3 unspecified atom stereocenters. The molecule has 2 saturated heterocycles. The van der Waals surface area contributed by atoms with Gasteiger partial charge in [-0.2, -0.15) is 0 Å². The van der Waals surface area contributed by atoms with Crippen molar-refractivity contribution in [3.63, 3.8) is 0 Å². The van der Waals surface area contributed by atoms with Crippen molar-refractivity contribution < 1.29 is 19.4 Å². The molecular weight excluding hydrogens is 246 g/mol. The van der Waals surface area contributed by atoms with Crippen molar-refractivity contribution >= 4 is 11.9 Å². The van der Waals surface area contributed by atoms with E-state index in [9.17, 15) is 14.7 Å². The molecule has 0 aliphatic carbocycles. The minimum absolute atomic E-state index is 0.0305. The Bertz CT molecular complexity index is 338. The standard InChI is InChI=1S/C14H23NO4/c1-2-4-13(16)15-7-6-10(14(17)18)9-11(15)12-5-3-8-19-12/h10-12H,2-9H2,1H3,(H,17,18). The van der Waals surface area contributed by atoms with Crippen LogP contribution >= 0.6 is 0 Å². The van der Waals surface area contributed by atoms with E-state index in [1.165, 1.54) is 0 Å². The van der Waals surface area contributed by atoms with Gasteiger partial charge in [0.15, 0.2) is 0 Å². The molecular formula is C14H23NO4. The van der Waals surface area contributed by atoms with Crippen LogP contribution in [0.1, 0.15) is 45.4 Å². The SMILES string of the molecule is CCCC(=O)N1CCC(C(=O)O)CC1C1CCCO1. The molecule has 0 saturated carbocycles. The van der Waals surface area contributed by atoms with Crippen molar-refractivity contribution in [2.75, 3.05) is 13.2 Å². The summed E-state index contributed by atoms with van der Waals surface area (Å²) in [6.45, 7) is 3.28. The number of nitrogens with zero attached hydrogens (tertiary/aromatic N) is 1. The van der Waals surface area contributed by atoms with Crippen LogP contribution in [0.15, 0.2) is 0 Å². The minimum Gasteiger partial charge on any atom is -0.481 e. The van der Waals surface area contributed by atoms with Crippen LogP contribution in [0.2, 0.25) is 0 Å². The molecule has 0 aromatic heterocycles. The lowest BCUT2D eigenvalue weighted by Gasteiger charge is -2.41. The molecule has 2 heterocycles. The number of amides is 1. The molecule has 19 heavy (non-hydrogen) atoms. The van der Waals surface area contributed by atoms with Gasteiger partial charge in [-0.25, -0.2) is 0 Å². The van der Waals surface area contributed by atoms with E-state index in [2.05, 4.69) is 0 Å². The predicted molar refractivity (Wildman–Crippen MR) is 69.7 cm³/mol. The van der Waals surface area contributed by atoms with E-state index in [1.54, 1.807) is 0 Å². The highest BCUT2D eigenvalue weighted by Crippen LogP contribution is 2.31. The predicted octanol–water partition coefficient (Wildman–Crippen LogP) is 1.66. The molecule has 0 bridgehead atoms. The quantitative estimate of drug-likeness (QED) is 0.843. The smallest absolute Gasteiger partial charge is 0.306 e. The summed E-state index contributed by atoms with van der Waals surface area (Å²) >= 11 is 0. The van der Waals surface area contributed by atoms with E-state index in [4.69, 9.17) is 4.74 Å². The van der Waals surface area contributed by atoms with Crippen LogP contribution in [0.4, 0.5) is 0 Å². The third-order valence-electron chi connectivity index (χ3n) is 4.17. The minimum atomic E-state index is -0.745. The summed E-state index contributed by atoms with van der Waals surface area (Å²) in [4.78, 5) is 25.2. The zero-order valence-electron chi connectivity index (χ0n) is 11.5. The van der Waals surface area contributed by atoms with Gasteiger partial charge >= 0.3 is 5.97 Å². The first-order chi connectivity index (χ1) is 9.13. The number of carbonyl (C=O) groups excluding carboxylic acids is 1. The highest BCUT2D eigenvalue weighted by molar-refractivity contribution is 5.77. The first kappa shape index (κ1) is 14.3. The van der Waals surface area contributed by atoms with Gasteiger partial charge in [0.25, 0.3) is 0 Å². The molecule has 1 amide bonds. The van der Waals surface area contributed by atoms with Crippen molar-refractivity contribution in [2.24, 2.45) is 5.92 Å². The van der Waals surface area contributed by atoms with Crippen LogP contribution in [-0.4, -0.2) is 47.2 Å². The van der Waals surface area contributed by atoms with Crippen LogP contribution in [0.5, 0.6) is 0 Å². The van der Waals surface area contributed by atoms with E-state index in [-0.39, 0.29) is 24.0 Å². The zero-order chi connectivity index (χ0) is 13.8. The Kier molecular flexibility index (Phi) is 4.80. The van der Waals surface area contributed by atoms with Gasteiger partial charge < -0.3 is 14.7 Å². The van der Waals surface area contributed by atoms with E-state index in [0.717, 1.165) is 25.9 Å². The number of likely N-dealkylation sites (tertiary alicyclic amines) is 1. The van der Waals surface area contributed by atoms with Gasteiger partial charge in [0.05, 0.1) is 18.1 Å². The van der Waals surface area contributed by atoms with E-state index < -0.39 is 5.97 Å². The fourth-order valence-corrected chi connectivity index (χ4v) is 3.15. The molecule has 3 atom stereocenters. The number of aliphatic carboxylic acids is 1. The van der Waals surface area contributed by atoms with Gasteiger partial charge in [-0.05, 0) is 32.1 Å². The number of carboxylic acids is 1. The molecule has 0 spiro atoms. The average Bonchev–Trinajstić information content (AvgIpc) is 2.92. The highest BCUT2D eigenvalue weighted by Gasteiger charge is 2.40. The Morgan fingerprint density at radius 2 is 2.16 bits per heavy atom. The number of hydrogen-bond acceptors (Lipinski definition) is 3. The molecule has 0 radical (unpaired) electrons. The maximum Gasteiger partial charge on any atom is 0.306 e. The molecule has 0 aromatic carbocycles. The van der Waals surface area contributed by atoms with Crippen LogP contribution in [0, 0.1) is 5.92 Å². The molecule has 2 aliphatic heterocycles. The maximum atomic E-state index is 12.2. The Labute approximate surface area is 113 Å². The van der Waals surface area contributed by atoms with Gasteiger partial charge in [0.1, 0.15) is 0 Å². The van der Waals surface area contributed by atoms with Gasteiger partial charge in [-0.1, -0.05) is 6.92 Å². The van der Waals surface area contributed by atoms with Gasteiger partial charge in [-0.3, -0.25) is 9.59 Å². The summed E-state index contributed by atoms with van der Waals surface area (Å²) in [6.07, 6.45) is 4.45. The van der Waals surface area contributed by atoms with Crippen molar-refractivity contribution in [3.8, 4) is 0 Å². The van der Waals surface area contributed by atoms with Crippen molar-refractivity contribution in [1.29, 1.82) is 0 Å². The van der Waals surface area contributed by atoms with E-state index >= 15 is 0 Å². The number of ether oxygens (including phenoxy) is 1. The van der Waals surface area contributed by atoms with Crippen molar-refractivity contribution in [2.45, 2.75) is 57.6 Å². The van der Waals surface area contributed by atoms with Gasteiger partial charge in [0, 0.05) is 19.6 Å². The monoisotopic (exact) mass is 269 g/mol. The van der Waals surface area contributed by atoms with Crippen LogP contribution in [0.25, 0.3) is 0 Å². The summed E-state index contributed by atoms with van der Waals surface area (Å²) in [5.41, 5.74) is 0. The number of carboxylic acid groups (broad SMARTS) is 1. The Morgan fingerprint density at radius 1 is 1.37 bits per heavy atom. The summed E-state index contributed by atoms with van der Waals surface area (Å²) in [5, 5.41) is 9.18. The van der Waals surface area contributed by atoms with Crippen molar-refractivity contribution in [1.82, 2.24) is 4.90 Å². The molecule has 1 N–H and O–H groups in total. The Balaban J connectivity index is 2.07. The zero-order valence-corrected chi connectivity index (χ0v) is 11.5. The van der Waals surface area contributed by atoms with E-state index in [1.807, 2.05) is 11.8 Å². The normalized spacial score (nSPS) is 31.4. The largest absolute Gasteiger partial charge is 0.481 e. The highest BCUT2D eigenvalue weighted by atomic mass is 16.5. The molecule has 5 nitrogen and oxygen atoms in total.